The molecule has 0 aliphatic rings. The predicted octanol–water partition coefficient (Wildman–Crippen LogP) is -5.08. The lowest BCUT2D eigenvalue weighted by molar-refractivity contribution is -0.145. The van der Waals surface area contributed by atoms with Crippen LogP contribution in [0.4, 0.5) is 0 Å². The van der Waals surface area contributed by atoms with Crippen molar-refractivity contribution in [3.05, 3.63) is 29.8 Å². The highest BCUT2D eigenvalue weighted by Crippen LogP contribution is 2.12. The molecule has 0 saturated carbocycles. The Balaban J connectivity index is 3.25. The van der Waals surface area contributed by atoms with Crippen molar-refractivity contribution in [3.8, 4) is 5.75 Å². The van der Waals surface area contributed by atoms with E-state index in [4.69, 9.17) is 16.6 Å². The van der Waals surface area contributed by atoms with Gasteiger partial charge in [-0.25, -0.2) is 4.79 Å². The Labute approximate surface area is 234 Å². The third kappa shape index (κ3) is 11.4. The standard InChI is InChI=1S/C24H36N6O11/c1-10(32)18(29-20(36)14(25)9-31)23(39)28-16(8-17(26)35)21(37)27-15(7-12-3-5-13(34)6-4-12)22(38)30-19(11(2)33)24(40)41/h3-6,10-11,14-16,18-19,31-34H,7-9,25H2,1-2H3,(H2,26,35)(H,27,37)(H,28,39)(H,29,36)(H,30,38)(H,40,41). The Hall–Kier alpha value is -4.32. The van der Waals surface area contributed by atoms with Gasteiger partial charge in [0.05, 0.1) is 25.2 Å². The summed E-state index contributed by atoms with van der Waals surface area (Å²) >= 11 is 0. The molecular formula is C24H36N6O11. The van der Waals surface area contributed by atoms with Gasteiger partial charge in [-0.2, -0.15) is 0 Å². The van der Waals surface area contributed by atoms with Gasteiger partial charge >= 0.3 is 5.97 Å². The average molecular weight is 585 g/mol. The molecule has 0 saturated heterocycles. The Kier molecular flexibility index (Phi) is 13.6. The van der Waals surface area contributed by atoms with Crippen LogP contribution in [0.2, 0.25) is 0 Å². The van der Waals surface area contributed by atoms with Crippen LogP contribution in [0.25, 0.3) is 0 Å². The fourth-order valence-corrected chi connectivity index (χ4v) is 3.41. The number of carboxylic acid groups (broad SMARTS) is 1. The molecule has 0 heterocycles. The second-order valence-electron chi connectivity index (χ2n) is 9.24. The minimum absolute atomic E-state index is 0.0947. The topological polar surface area (TPSA) is 304 Å². The summed E-state index contributed by atoms with van der Waals surface area (Å²) in [6.45, 7) is 1.49. The maximum absolute atomic E-state index is 13.2. The number of aliphatic carboxylic acids is 1. The molecule has 17 nitrogen and oxygen atoms in total. The van der Waals surface area contributed by atoms with Crippen molar-refractivity contribution in [2.24, 2.45) is 11.5 Å². The third-order valence-corrected chi connectivity index (χ3v) is 5.69. The average Bonchev–Trinajstić information content (AvgIpc) is 2.88. The van der Waals surface area contributed by atoms with E-state index in [0.29, 0.717) is 5.56 Å². The van der Waals surface area contributed by atoms with Crippen molar-refractivity contribution in [2.75, 3.05) is 6.61 Å². The van der Waals surface area contributed by atoms with Gasteiger partial charge in [-0.3, -0.25) is 24.0 Å². The summed E-state index contributed by atoms with van der Waals surface area (Å²) in [6, 6.07) is -2.67. The zero-order chi connectivity index (χ0) is 31.4. The first-order valence-corrected chi connectivity index (χ1v) is 12.3. The van der Waals surface area contributed by atoms with E-state index in [-0.39, 0.29) is 12.2 Å². The summed E-state index contributed by atoms with van der Waals surface area (Å²) in [4.78, 5) is 74.2. The fourth-order valence-electron chi connectivity index (χ4n) is 3.41. The number of nitrogens with two attached hydrogens (primary N) is 2. The minimum atomic E-state index is -1.75. The second kappa shape index (κ2) is 16.1. The number of rotatable bonds is 16. The Morgan fingerprint density at radius 3 is 1.73 bits per heavy atom. The molecule has 13 N–H and O–H groups in total. The van der Waals surface area contributed by atoms with Crippen molar-refractivity contribution in [1.82, 2.24) is 21.3 Å². The molecule has 228 valence electrons. The smallest absolute Gasteiger partial charge is 0.328 e. The van der Waals surface area contributed by atoms with E-state index in [1.54, 1.807) is 0 Å². The Morgan fingerprint density at radius 1 is 0.780 bits per heavy atom. The van der Waals surface area contributed by atoms with Gasteiger partial charge in [0.15, 0.2) is 6.04 Å². The molecule has 1 rings (SSSR count). The van der Waals surface area contributed by atoms with Gasteiger partial charge in [-0.1, -0.05) is 12.1 Å². The summed E-state index contributed by atoms with van der Waals surface area (Å²) in [7, 11) is 0. The van der Waals surface area contributed by atoms with Crippen molar-refractivity contribution < 1.29 is 54.3 Å². The Morgan fingerprint density at radius 2 is 1.27 bits per heavy atom. The highest BCUT2D eigenvalue weighted by atomic mass is 16.4. The molecular weight excluding hydrogens is 548 g/mol. The van der Waals surface area contributed by atoms with Crippen molar-refractivity contribution in [2.45, 2.75) is 69.1 Å². The first-order valence-electron chi connectivity index (χ1n) is 12.3. The molecule has 0 bridgehead atoms. The van der Waals surface area contributed by atoms with Crippen LogP contribution in [0.1, 0.15) is 25.8 Å². The lowest BCUT2D eigenvalue weighted by atomic mass is 10.0. The molecule has 7 unspecified atom stereocenters. The van der Waals surface area contributed by atoms with Crippen LogP contribution in [-0.2, 0) is 35.2 Å². The van der Waals surface area contributed by atoms with Crippen LogP contribution in [-0.4, -0.2) is 110 Å². The maximum Gasteiger partial charge on any atom is 0.328 e. The number of amides is 5. The number of primary amides is 1. The summed E-state index contributed by atoms with van der Waals surface area (Å²) in [5.41, 5.74) is 11.0. The largest absolute Gasteiger partial charge is 0.508 e. The molecule has 5 amide bonds. The van der Waals surface area contributed by atoms with E-state index in [1.165, 1.54) is 24.3 Å². The van der Waals surface area contributed by atoms with Crippen LogP contribution in [0.5, 0.6) is 5.75 Å². The van der Waals surface area contributed by atoms with Crippen LogP contribution >= 0.6 is 0 Å². The molecule has 0 fully saturated rings. The van der Waals surface area contributed by atoms with E-state index in [0.717, 1.165) is 13.8 Å². The molecule has 1 aromatic carbocycles. The minimum Gasteiger partial charge on any atom is -0.508 e. The number of phenols is 1. The van der Waals surface area contributed by atoms with Crippen molar-refractivity contribution in [3.63, 3.8) is 0 Å². The Bertz CT molecular complexity index is 1100. The molecule has 41 heavy (non-hydrogen) atoms. The number of hydrogen-bond donors (Lipinski definition) is 11. The number of aliphatic hydroxyl groups excluding tert-OH is 3. The van der Waals surface area contributed by atoms with Gasteiger partial charge < -0.3 is 58.3 Å². The van der Waals surface area contributed by atoms with Crippen LogP contribution < -0.4 is 32.7 Å². The third-order valence-electron chi connectivity index (χ3n) is 5.69. The van der Waals surface area contributed by atoms with Gasteiger partial charge in [0.25, 0.3) is 0 Å². The maximum atomic E-state index is 13.2. The molecule has 7 atom stereocenters. The first-order chi connectivity index (χ1) is 19.1. The van der Waals surface area contributed by atoms with Crippen molar-refractivity contribution >= 4 is 35.5 Å². The van der Waals surface area contributed by atoms with E-state index in [2.05, 4.69) is 21.3 Å². The highest BCUT2D eigenvalue weighted by molar-refractivity contribution is 5.97. The van der Waals surface area contributed by atoms with Gasteiger partial charge in [0.2, 0.25) is 29.5 Å². The van der Waals surface area contributed by atoms with Gasteiger partial charge in [-0.05, 0) is 31.5 Å². The molecule has 1 aromatic rings. The van der Waals surface area contributed by atoms with E-state index >= 15 is 0 Å². The van der Waals surface area contributed by atoms with Crippen LogP contribution in [0, 0.1) is 0 Å². The lowest BCUT2D eigenvalue weighted by Crippen LogP contribution is -2.61. The number of carbonyl (C=O) groups is 6. The van der Waals surface area contributed by atoms with Gasteiger partial charge in [0.1, 0.15) is 29.9 Å². The van der Waals surface area contributed by atoms with E-state index in [1.807, 2.05) is 0 Å². The van der Waals surface area contributed by atoms with Gasteiger partial charge in [-0.15, -0.1) is 0 Å². The molecule has 0 spiro atoms. The number of aromatic hydroxyl groups is 1. The molecule has 17 heteroatoms. The number of phenolic OH excluding ortho intramolecular Hbond substituents is 1. The molecule has 0 aliphatic heterocycles. The normalized spacial score (nSPS) is 16.0. The molecule has 0 aliphatic carbocycles. The number of nitrogens with one attached hydrogen (secondary N) is 4. The second-order valence-corrected chi connectivity index (χ2v) is 9.24. The van der Waals surface area contributed by atoms with Gasteiger partial charge in [0, 0.05) is 6.42 Å². The zero-order valence-electron chi connectivity index (χ0n) is 22.3. The molecule has 0 aromatic heterocycles. The monoisotopic (exact) mass is 584 g/mol. The van der Waals surface area contributed by atoms with E-state index < -0.39 is 91.0 Å². The highest BCUT2D eigenvalue weighted by Gasteiger charge is 2.34. The number of aliphatic hydroxyl groups is 3. The number of carboxylic acids is 1. The summed E-state index contributed by atoms with van der Waals surface area (Å²) in [5, 5.41) is 56.2. The lowest BCUT2D eigenvalue weighted by Gasteiger charge is -2.27. The van der Waals surface area contributed by atoms with E-state index in [9.17, 15) is 49.2 Å². The summed E-state index contributed by atoms with van der Waals surface area (Å²) in [6.07, 6.45) is -4.08. The first kappa shape index (κ1) is 34.7. The quantitative estimate of drug-likeness (QED) is 0.0869. The fraction of sp³-hybridized carbons (Fsp3) is 0.500. The predicted molar refractivity (Wildman–Crippen MR) is 139 cm³/mol. The zero-order valence-corrected chi connectivity index (χ0v) is 22.3. The number of carbonyl (C=O) groups excluding carboxylic acids is 5. The molecule has 0 radical (unpaired) electrons. The number of hydrogen-bond acceptors (Lipinski definition) is 11. The van der Waals surface area contributed by atoms with Crippen LogP contribution in [0.3, 0.4) is 0 Å². The summed E-state index contributed by atoms with van der Waals surface area (Å²) < 4.78 is 0. The SMILES string of the molecule is CC(O)C(NC(=O)C(Cc1ccc(O)cc1)NC(=O)C(CC(N)=O)NC(=O)C(NC(=O)C(N)CO)C(C)O)C(=O)O. The number of benzene rings is 1. The van der Waals surface area contributed by atoms with Crippen molar-refractivity contribution in [1.29, 1.82) is 0 Å². The van der Waals surface area contributed by atoms with Crippen LogP contribution in [0.15, 0.2) is 24.3 Å². The summed E-state index contributed by atoms with van der Waals surface area (Å²) in [5.74, 6) is -7.01.